The van der Waals surface area contributed by atoms with Gasteiger partial charge in [0.1, 0.15) is 12.1 Å². The average Bonchev–Trinajstić information content (AvgIpc) is 2.22. The van der Waals surface area contributed by atoms with Crippen LogP contribution < -0.4 is 5.73 Å². The Labute approximate surface area is 90.8 Å². The summed E-state index contributed by atoms with van der Waals surface area (Å²) in [6, 6.07) is -0.672. The fourth-order valence-electron chi connectivity index (χ4n) is 1.86. The van der Waals surface area contributed by atoms with E-state index in [1.165, 1.54) is 0 Å². The van der Waals surface area contributed by atoms with Gasteiger partial charge in [-0.2, -0.15) is 0 Å². The highest BCUT2D eigenvalue weighted by Crippen LogP contribution is 2.25. The van der Waals surface area contributed by atoms with Crippen molar-refractivity contribution in [3.8, 4) is 0 Å². The van der Waals surface area contributed by atoms with Gasteiger partial charge in [0, 0.05) is 6.61 Å². The van der Waals surface area contributed by atoms with Crippen LogP contribution in [0.15, 0.2) is 0 Å². The first-order valence-electron chi connectivity index (χ1n) is 5.70. The summed E-state index contributed by atoms with van der Waals surface area (Å²) < 4.78 is 5.28. The van der Waals surface area contributed by atoms with Gasteiger partial charge in [0.25, 0.3) is 0 Å². The fraction of sp³-hybridized carbons (Fsp3) is 0.909. The Morgan fingerprint density at radius 2 is 2.07 bits per heavy atom. The summed E-state index contributed by atoms with van der Waals surface area (Å²) in [5.74, 6) is 0.370. The molecule has 4 heteroatoms. The lowest BCUT2D eigenvalue weighted by Gasteiger charge is -2.26. The maximum atomic E-state index is 11.4. The van der Waals surface area contributed by atoms with Crippen LogP contribution in [0.2, 0.25) is 0 Å². The molecule has 0 aromatic heterocycles. The van der Waals surface area contributed by atoms with Gasteiger partial charge < -0.3 is 15.6 Å². The number of esters is 1. The van der Waals surface area contributed by atoms with Crippen LogP contribution in [0, 0.1) is 5.92 Å². The minimum atomic E-state index is -0.672. The van der Waals surface area contributed by atoms with E-state index in [0.29, 0.717) is 0 Å². The molecule has 0 aromatic carbocycles. The lowest BCUT2D eigenvalue weighted by molar-refractivity contribution is -0.152. The molecule has 0 aromatic rings. The predicted octanol–water partition coefficient (Wildman–Crippen LogP) is 0.818. The molecule has 0 aliphatic heterocycles. The molecule has 0 bridgehead atoms. The molecule has 1 fully saturated rings. The molecule has 88 valence electrons. The summed E-state index contributed by atoms with van der Waals surface area (Å²) >= 11 is 0. The van der Waals surface area contributed by atoms with Crippen molar-refractivity contribution in [2.75, 3.05) is 6.61 Å². The molecule has 1 atom stereocenters. The van der Waals surface area contributed by atoms with Crippen LogP contribution in [-0.4, -0.2) is 29.8 Å². The van der Waals surface area contributed by atoms with E-state index in [9.17, 15) is 4.79 Å². The predicted molar refractivity (Wildman–Crippen MR) is 57.2 cm³/mol. The van der Waals surface area contributed by atoms with Gasteiger partial charge in [0.15, 0.2) is 0 Å². The maximum absolute atomic E-state index is 11.4. The number of carbonyl (C=O) groups excluding carboxylic acids is 1. The van der Waals surface area contributed by atoms with E-state index in [0.717, 1.165) is 31.6 Å². The number of rotatable bonds is 4. The van der Waals surface area contributed by atoms with Crippen LogP contribution >= 0.6 is 0 Å². The van der Waals surface area contributed by atoms with E-state index >= 15 is 0 Å². The highest BCUT2D eigenvalue weighted by molar-refractivity contribution is 5.75. The second-order valence-corrected chi connectivity index (χ2v) is 4.44. The van der Waals surface area contributed by atoms with Crippen LogP contribution in [0.3, 0.4) is 0 Å². The first kappa shape index (κ1) is 12.5. The normalized spacial score (nSPS) is 28.5. The summed E-state index contributed by atoms with van der Waals surface area (Å²) in [6.07, 6.45) is 4.44. The number of ether oxygens (including phenoxy) is 1. The number of aliphatic hydroxyl groups excluding tert-OH is 1. The third kappa shape index (κ3) is 4.18. The van der Waals surface area contributed by atoms with Gasteiger partial charge >= 0.3 is 5.97 Å². The topological polar surface area (TPSA) is 72.5 Å². The molecule has 4 nitrogen and oxygen atoms in total. The highest BCUT2D eigenvalue weighted by Gasteiger charge is 2.23. The zero-order valence-electron chi connectivity index (χ0n) is 9.32. The Bertz CT molecular complexity index is 200. The summed E-state index contributed by atoms with van der Waals surface area (Å²) in [5, 5.41) is 8.64. The van der Waals surface area contributed by atoms with Crippen molar-refractivity contribution >= 4 is 5.97 Å². The monoisotopic (exact) mass is 215 g/mol. The number of hydrogen-bond acceptors (Lipinski definition) is 4. The molecule has 0 saturated heterocycles. The third-order valence-electron chi connectivity index (χ3n) is 2.99. The third-order valence-corrected chi connectivity index (χ3v) is 2.99. The maximum Gasteiger partial charge on any atom is 0.323 e. The van der Waals surface area contributed by atoms with Crippen molar-refractivity contribution in [3.05, 3.63) is 0 Å². The van der Waals surface area contributed by atoms with E-state index < -0.39 is 6.04 Å². The summed E-state index contributed by atoms with van der Waals surface area (Å²) in [6.45, 7) is 2.15. The Kier molecular flexibility index (Phi) is 5.05. The van der Waals surface area contributed by atoms with Gasteiger partial charge in [-0.15, -0.1) is 0 Å². The number of aliphatic hydroxyl groups is 1. The van der Waals surface area contributed by atoms with Gasteiger partial charge in [0.05, 0.1) is 0 Å². The van der Waals surface area contributed by atoms with Gasteiger partial charge in [-0.3, -0.25) is 4.79 Å². The molecule has 3 N–H and O–H groups in total. The van der Waals surface area contributed by atoms with Crippen molar-refractivity contribution in [2.24, 2.45) is 11.7 Å². The molecule has 0 radical (unpaired) electrons. The second kappa shape index (κ2) is 6.08. The lowest BCUT2D eigenvalue weighted by Crippen LogP contribution is -2.36. The largest absolute Gasteiger partial charge is 0.461 e. The lowest BCUT2D eigenvalue weighted by atomic mass is 9.89. The Balaban J connectivity index is 2.25. The zero-order chi connectivity index (χ0) is 11.3. The molecule has 1 aliphatic carbocycles. The average molecular weight is 215 g/mol. The molecule has 0 unspecified atom stereocenters. The Hall–Kier alpha value is -0.610. The van der Waals surface area contributed by atoms with Gasteiger partial charge in [-0.05, 0) is 38.0 Å². The summed E-state index contributed by atoms with van der Waals surface area (Å²) in [4.78, 5) is 11.4. The molecule has 1 saturated carbocycles. The van der Waals surface area contributed by atoms with E-state index in [2.05, 4.69) is 6.92 Å². The van der Waals surface area contributed by atoms with Crippen LogP contribution in [0.5, 0.6) is 0 Å². The van der Waals surface area contributed by atoms with Crippen LogP contribution in [-0.2, 0) is 9.53 Å². The van der Waals surface area contributed by atoms with Crippen LogP contribution in [0.4, 0.5) is 0 Å². The quantitative estimate of drug-likeness (QED) is 0.681. The highest BCUT2D eigenvalue weighted by atomic mass is 16.5. The Morgan fingerprint density at radius 3 is 2.60 bits per heavy atom. The molecule has 1 aliphatic rings. The van der Waals surface area contributed by atoms with Crippen molar-refractivity contribution in [2.45, 2.75) is 51.2 Å². The van der Waals surface area contributed by atoms with E-state index in [1.807, 2.05) is 0 Å². The van der Waals surface area contributed by atoms with E-state index in [1.54, 1.807) is 0 Å². The molecule has 0 spiro atoms. The second-order valence-electron chi connectivity index (χ2n) is 4.44. The molecule has 0 amide bonds. The van der Waals surface area contributed by atoms with E-state index in [4.69, 9.17) is 15.6 Å². The molecular weight excluding hydrogens is 194 g/mol. The van der Waals surface area contributed by atoms with Crippen molar-refractivity contribution in [1.29, 1.82) is 0 Å². The van der Waals surface area contributed by atoms with Gasteiger partial charge in [-0.1, -0.05) is 6.92 Å². The van der Waals surface area contributed by atoms with Crippen molar-refractivity contribution in [1.82, 2.24) is 0 Å². The van der Waals surface area contributed by atoms with Crippen LogP contribution in [0.1, 0.15) is 39.0 Å². The first-order chi connectivity index (χ1) is 7.13. The van der Waals surface area contributed by atoms with Crippen molar-refractivity contribution in [3.63, 3.8) is 0 Å². The standard InChI is InChI=1S/C11H21NO3/c1-8-2-4-9(5-3-8)15-11(14)10(12)6-7-13/h8-10,13H,2-7,12H2,1H3/t8?,9?,10-/m1/s1. The van der Waals surface area contributed by atoms with Gasteiger partial charge in [0.2, 0.25) is 0 Å². The van der Waals surface area contributed by atoms with Crippen molar-refractivity contribution < 1.29 is 14.6 Å². The number of carbonyl (C=O) groups is 1. The Morgan fingerprint density at radius 1 is 1.47 bits per heavy atom. The van der Waals surface area contributed by atoms with E-state index in [-0.39, 0.29) is 25.1 Å². The van der Waals surface area contributed by atoms with Gasteiger partial charge in [-0.25, -0.2) is 0 Å². The minimum absolute atomic E-state index is 0.0402. The number of nitrogens with two attached hydrogens (primary N) is 1. The molecule has 15 heavy (non-hydrogen) atoms. The minimum Gasteiger partial charge on any atom is -0.461 e. The van der Waals surface area contributed by atoms with Crippen LogP contribution in [0.25, 0.3) is 0 Å². The molecular formula is C11H21NO3. The smallest absolute Gasteiger partial charge is 0.323 e. The summed E-state index contributed by atoms with van der Waals surface area (Å²) in [7, 11) is 0. The molecule has 0 heterocycles. The fourth-order valence-corrected chi connectivity index (χ4v) is 1.86. The SMILES string of the molecule is CC1CCC(OC(=O)[C@H](N)CCO)CC1. The molecule has 1 rings (SSSR count). The number of hydrogen-bond donors (Lipinski definition) is 2. The first-order valence-corrected chi connectivity index (χ1v) is 5.70. The zero-order valence-corrected chi connectivity index (χ0v) is 9.32. The summed E-state index contributed by atoms with van der Waals surface area (Å²) in [5.41, 5.74) is 5.54.